The second kappa shape index (κ2) is 6.01. The Morgan fingerprint density at radius 2 is 2.00 bits per heavy atom. The van der Waals surface area contributed by atoms with Gasteiger partial charge in [0.15, 0.2) is 0 Å². The minimum Gasteiger partial charge on any atom is -0.320 e. The molecule has 0 aromatic carbocycles. The van der Waals surface area contributed by atoms with Crippen LogP contribution in [0.2, 0.25) is 0 Å². The summed E-state index contributed by atoms with van der Waals surface area (Å²) in [5.74, 6) is -0.681. The quantitative estimate of drug-likeness (QED) is 0.585. The van der Waals surface area contributed by atoms with E-state index in [0.29, 0.717) is 0 Å². The van der Waals surface area contributed by atoms with Crippen molar-refractivity contribution in [2.24, 2.45) is 5.73 Å². The summed E-state index contributed by atoms with van der Waals surface area (Å²) >= 11 is 0. The molecule has 0 heterocycles. The van der Waals surface area contributed by atoms with Crippen molar-refractivity contribution < 1.29 is 18.0 Å². The summed E-state index contributed by atoms with van der Waals surface area (Å²) in [7, 11) is 0. The van der Waals surface area contributed by atoms with E-state index in [1.54, 1.807) is 10.9 Å². The Hall–Kier alpha value is -0.530. The van der Waals surface area contributed by atoms with E-state index in [1.165, 1.54) is 6.92 Å². The first-order chi connectivity index (χ1) is 5.33. The maximum atomic E-state index is 11.5. The molecular formula is C5H11ClF3N3O. The molecule has 4 nitrogen and oxygen atoms in total. The molecule has 0 saturated carbocycles. The highest BCUT2D eigenvalue weighted by Crippen LogP contribution is 2.11. The van der Waals surface area contributed by atoms with E-state index in [-0.39, 0.29) is 12.4 Å². The van der Waals surface area contributed by atoms with Crippen LogP contribution in [0.3, 0.4) is 0 Å². The van der Waals surface area contributed by atoms with Crippen molar-refractivity contribution in [2.75, 3.05) is 6.54 Å². The lowest BCUT2D eigenvalue weighted by Gasteiger charge is -2.10. The molecule has 0 radical (unpaired) electrons. The number of alkyl halides is 3. The molecule has 1 unspecified atom stereocenters. The molecule has 0 fully saturated rings. The highest BCUT2D eigenvalue weighted by atomic mass is 35.5. The predicted molar refractivity (Wildman–Crippen MR) is 43.1 cm³/mol. The standard InChI is InChI=1S/C5H10F3N3O.ClH/c1-3(9)4(12)11-10-2-5(6,7)8;/h3,10H,2,9H2,1H3,(H,11,12);1H. The number of halogens is 4. The van der Waals surface area contributed by atoms with Crippen molar-refractivity contribution in [3.8, 4) is 0 Å². The molecule has 1 amide bonds. The molecule has 0 aliphatic carbocycles. The number of rotatable bonds is 3. The molecule has 0 bridgehead atoms. The number of nitrogens with one attached hydrogen (secondary N) is 2. The number of hydrazine groups is 1. The molecule has 0 aliphatic rings. The number of hydrogen-bond donors (Lipinski definition) is 3. The molecule has 0 aromatic heterocycles. The van der Waals surface area contributed by atoms with Crippen LogP contribution >= 0.6 is 12.4 Å². The van der Waals surface area contributed by atoms with E-state index < -0.39 is 24.7 Å². The first-order valence-corrected chi connectivity index (χ1v) is 3.18. The summed E-state index contributed by atoms with van der Waals surface area (Å²) < 4.78 is 34.4. The van der Waals surface area contributed by atoms with Gasteiger partial charge in [0, 0.05) is 0 Å². The number of carbonyl (C=O) groups excluding carboxylic acids is 1. The number of amides is 1. The SMILES string of the molecule is CC(N)C(=O)NNCC(F)(F)F.Cl. The molecule has 13 heavy (non-hydrogen) atoms. The summed E-state index contributed by atoms with van der Waals surface area (Å²) in [4.78, 5) is 10.6. The zero-order valence-electron chi connectivity index (χ0n) is 6.81. The summed E-state index contributed by atoms with van der Waals surface area (Å²) in [6.45, 7) is 0.0933. The van der Waals surface area contributed by atoms with Gasteiger partial charge >= 0.3 is 6.18 Å². The highest BCUT2D eigenvalue weighted by Gasteiger charge is 2.26. The van der Waals surface area contributed by atoms with Crippen LogP contribution in [-0.2, 0) is 4.79 Å². The molecule has 0 saturated heterocycles. The van der Waals surface area contributed by atoms with Crippen LogP contribution in [0.4, 0.5) is 13.2 Å². The van der Waals surface area contributed by atoms with E-state index in [4.69, 9.17) is 5.73 Å². The average molecular weight is 222 g/mol. The Labute approximate surface area is 79.4 Å². The zero-order chi connectivity index (χ0) is 9.78. The molecule has 8 heteroatoms. The van der Waals surface area contributed by atoms with Gasteiger partial charge in [-0.25, -0.2) is 5.43 Å². The van der Waals surface area contributed by atoms with Crippen molar-refractivity contribution in [1.29, 1.82) is 0 Å². The summed E-state index contributed by atoms with van der Waals surface area (Å²) in [6, 6.07) is -0.828. The van der Waals surface area contributed by atoms with Gasteiger partial charge in [0.2, 0.25) is 0 Å². The van der Waals surface area contributed by atoms with Crippen LogP contribution in [0.25, 0.3) is 0 Å². The summed E-state index contributed by atoms with van der Waals surface area (Å²) in [5.41, 5.74) is 8.56. The van der Waals surface area contributed by atoms with E-state index in [2.05, 4.69) is 0 Å². The minimum atomic E-state index is -4.34. The first kappa shape index (κ1) is 15.0. The third kappa shape index (κ3) is 9.38. The van der Waals surface area contributed by atoms with Gasteiger partial charge < -0.3 is 5.73 Å². The minimum absolute atomic E-state index is 0. The van der Waals surface area contributed by atoms with Crippen LogP contribution in [0.1, 0.15) is 6.92 Å². The van der Waals surface area contributed by atoms with E-state index >= 15 is 0 Å². The van der Waals surface area contributed by atoms with E-state index in [1.807, 2.05) is 0 Å². The molecular weight excluding hydrogens is 211 g/mol. The Morgan fingerprint density at radius 3 is 2.31 bits per heavy atom. The summed E-state index contributed by atoms with van der Waals surface area (Å²) in [6.07, 6.45) is -4.34. The fraction of sp³-hybridized carbons (Fsp3) is 0.800. The van der Waals surface area contributed by atoms with Gasteiger partial charge in [0.05, 0.1) is 6.04 Å². The van der Waals surface area contributed by atoms with Crippen LogP contribution in [-0.4, -0.2) is 24.7 Å². The van der Waals surface area contributed by atoms with Gasteiger partial charge in [-0.1, -0.05) is 0 Å². The van der Waals surface area contributed by atoms with Crippen LogP contribution in [0, 0.1) is 0 Å². The molecule has 0 aromatic rings. The van der Waals surface area contributed by atoms with Crippen molar-refractivity contribution in [1.82, 2.24) is 10.9 Å². The molecule has 0 aliphatic heterocycles. The number of carbonyl (C=O) groups is 1. The maximum Gasteiger partial charge on any atom is 0.402 e. The van der Waals surface area contributed by atoms with Crippen LogP contribution in [0.15, 0.2) is 0 Å². The van der Waals surface area contributed by atoms with E-state index in [0.717, 1.165) is 0 Å². The first-order valence-electron chi connectivity index (χ1n) is 3.18. The Morgan fingerprint density at radius 1 is 1.54 bits per heavy atom. The monoisotopic (exact) mass is 221 g/mol. The van der Waals surface area contributed by atoms with Gasteiger partial charge in [0.1, 0.15) is 6.54 Å². The number of nitrogens with two attached hydrogens (primary N) is 1. The van der Waals surface area contributed by atoms with Gasteiger partial charge in [0.25, 0.3) is 5.91 Å². The fourth-order valence-corrected chi connectivity index (χ4v) is 0.345. The van der Waals surface area contributed by atoms with Gasteiger partial charge in [-0.05, 0) is 6.92 Å². The third-order valence-electron chi connectivity index (χ3n) is 0.914. The fourth-order valence-electron chi connectivity index (χ4n) is 0.345. The molecule has 1 atom stereocenters. The molecule has 0 spiro atoms. The largest absolute Gasteiger partial charge is 0.402 e. The Balaban J connectivity index is 0. The zero-order valence-corrected chi connectivity index (χ0v) is 7.63. The van der Waals surface area contributed by atoms with Crippen molar-refractivity contribution in [2.45, 2.75) is 19.1 Å². The average Bonchev–Trinajstić information content (AvgIpc) is 1.84. The second-order valence-electron chi connectivity index (χ2n) is 2.25. The Bertz CT molecular complexity index is 162. The lowest BCUT2D eigenvalue weighted by Crippen LogP contribution is -2.48. The number of hydrogen-bond acceptors (Lipinski definition) is 3. The molecule has 4 N–H and O–H groups in total. The highest BCUT2D eigenvalue weighted by molar-refractivity contribution is 5.85. The third-order valence-corrected chi connectivity index (χ3v) is 0.914. The molecule has 0 rings (SSSR count). The molecule has 80 valence electrons. The second-order valence-corrected chi connectivity index (χ2v) is 2.25. The Kier molecular flexibility index (Phi) is 6.91. The van der Waals surface area contributed by atoms with Crippen molar-refractivity contribution >= 4 is 18.3 Å². The van der Waals surface area contributed by atoms with Crippen molar-refractivity contribution in [3.63, 3.8) is 0 Å². The lowest BCUT2D eigenvalue weighted by molar-refractivity contribution is -0.132. The van der Waals surface area contributed by atoms with E-state index in [9.17, 15) is 18.0 Å². The smallest absolute Gasteiger partial charge is 0.320 e. The summed E-state index contributed by atoms with van der Waals surface area (Å²) in [5, 5.41) is 0. The normalized spacial score (nSPS) is 13.0. The van der Waals surface area contributed by atoms with Gasteiger partial charge in [-0.3, -0.25) is 10.2 Å². The van der Waals surface area contributed by atoms with Gasteiger partial charge in [-0.15, -0.1) is 12.4 Å². The van der Waals surface area contributed by atoms with Gasteiger partial charge in [-0.2, -0.15) is 13.2 Å². The van der Waals surface area contributed by atoms with Crippen LogP contribution in [0.5, 0.6) is 0 Å². The predicted octanol–water partition coefficient (Wildman–Crippen LogP) is -0.0615. The lowest BCUT2D eigenvalue weighted by atomic mass is 10.3. The van der Waals surface area contributed by atoms with Crippen LogP contribution < -0.4 is 16.6 Å². The topological polar surface area (TPSA) is 67.2 Å². The maximum absolute atomic E-state index is 11.5. The van der Waals surface area contributed by atoms with Crippen molar-refractivity contribution in [3.05, 3.63) is 0 Å².